The lowest BCUT2D eigenvalue weighted by Gasteiger charge is -2.17. The van der Waals surface area contributed by atoms with Gasteiger partial charge >= 0.3 is 5.97 Å². The van der Waals surface area contributed by atoms with Crippen molar-refractivity contribution in [2.45, 2.75) is 19.4 Å². The van der Waals surface area contributed by atoms with Gasteiger partial charge in [-0.1, -0.05) is 24.1 Å². The summed E-state index contributed by atoms with van der Waals surface area (Å²) in [7, 11) is 0. The van der Waals surface area contributed by atoms with Crippen molar-refractivity contribution in [1.29, 1.82) is 0 Å². The molecule has 21 heavy (non-hydrogen) atoms. The minimum absolute atomic E-state index is 0.193. The summed E-state index contributed by atoms with van der Waals surface area (Å²) in [6, 6.07) is 5.37. The second kappa shape index (κ2) is 4.69. The molecule has 0 aliphatic carbocycles. The number of amides is 3. The molecule has 0 bridgehead atoms. The van der Waals surface area contributed by atoms with E-state index in [4.69, 9.17) is 4.84 Å². The Morgan fingerprint density at radius 1 is 1.19 bits per heavy atom. The molecule has 108 valence electrons. The number of hydrogen-bond acceptors (Lipinski definition) is 5. The average Bonchev–Trinajstić information content (AvgIpc) is 2.92. The standard InChI is InChI=1S/C14H12N2O5/c1-7-6-10(17)15-11(7)14(20)21-16-12(18)8-4-2-3-5-9(8)13(16)19/h2-5,7,11H,6H2,1H3,(H,15,17). The molecule has 0 saturated carbocycles. The van der Waals surface area contributed by atoms with Crippen molar-refractivity contribution in [3.05, 3.63) is 35.4 Å². The zero-order chi connectivity index (χ0) is 15.1. The zero-order valence-electron chi connectivity index (χ0n) is 11.2. The highest BCUT2D eigenvalue weighted by atomic mass is 16.7. The SMILES string of the molecule is CC1CC(=O)NC1C(=O)ON1C(=O)c2ccccc2C1=O. The van der Waals surface area contributed by atoms with Gasteiger partial charge in [0.25, 0.3) is 11.8 Å². The number of carbonyl (C=O) groups is 4. The fraction of sp³-hybridized carbons (Fsp3) is 0.286. The van der Waals surface area contributed by atoms with Crippen LogP contribution in [0, 0.1) is 5.92 Å². The number of nitrogens with zero attached hydrogens (tertiary/aromatic N) is 1. The quantitative estimate of drug-likeness (QED) is 0.788. The molecule has 1 aromatic rings. The summed E-state index contributed by atoms with van der Waals surface area (Å²) in [5.74, 6) is -2.68. The zero-order valence-corrected chi connectivity index (χ0v) is 11.2. The molecule has 0 aromatic heterocycles. The molecule has 1 saturated heterocycles. The summed E-state index contributed by atoms with van der Waals surface area (Å²) < 4.78 is 0. The molecule has 7 nitrogen and oxygen atoms in total. The smallest absolute Gasteiger partial charge is 0.342 e. The van der Waals surface area contributed by atoms with E-state index in [1.165, 1.54) is 12.1 Å². The van der Waals surface area contributed by atoms with Crippen molar-refractivity contribution in [2.24, 2.45) is 5.92 Å². The maximum absolute atomic E-state index is 12.0. The highest BCUT2D eigenvalue weighted by Crippen LogP contribution is 2.24. The van der Waals surface area contributed by atoms with E-state index in [2.05, 4.69) is 5.32 Å². The summed E-state index contributed by atoms with van der Waals surface area (Å²) in [4.78, 5) is 52.3. The Balaban J connectivity index is 1.78. The molecule has 0 spiro atoms. The summed E-state index contributed by atoms with van der Waals surface area (Å²) in [5, 5.41) is 2.91. The van der Waals surface area contributed by atoms with Crippen LogP contribution in [0.4, 0.5) is 0 Å². The Morgan fingerprint density at radius 3 is 2.24 bits per heavy atom. The predicted octanol–water partition coefficient (Wildman–Crippen LogP) is 0.265. The van der Waals surface area contributed by atoms with Crippen LogP contribution in [0.3, 0.4) is 0 Å². The lowest BCUT2D eigenvalue weighted by molar-refractivity contribution is -0.171. The first-order chi connectivity index (χ1) is 9.99. The molecule has 2 atom stereocenters. The maximum Gasteiger partial charge on any atom is 0.355 e. The Bertz CT molecular complexity index is 634. The van der Waals surface area contributed by atoms with Crippen LogP contribution in [0.25, 0.3) is 0 Å². The second-order valence-corrected chi connectivity index (χ2v) is 5.09. The van der Waals surface area contributed by atoms with Crippen LogP contribution in [0.2, 0.25) is 0 Å². The highest BCUT2D eigenvalue weighted by Gasteiger charge is 2.42. The van der Waals surface area contributed by atoms with Gasteiger partial charge in [-0.2, -0.15) is 0 Å². The van der Waals surface area contributed by atoms with E-state index in [0.29, 0.717) is 5.06 Å². The van der Waals surface area contributed by atoms with Crippen LogP contribution in [0.15, 0.2) is 24.3 Å². The van der Waals surface area contributed by atoms with E-state index in [9.17, 15) is 19.2 Å². The van der Waals surface area contributed by atoms with Gasteiger partial charge < -0.3 is 10.2 Å². The Morgan fingerprint density at radius 2 is 1.76 bits per heavy atom. The molecule has 1 N–H and O–H groups in total. The largest absolute Gasteiger partial charge is 0.355 e. The molecule has 3 rings (SSSR count). The van der Waals surface area contributed by atoms with E-state index < -0.39 is 23.8 Å². The van der Waals surface area contributed by atoms with Crippen molar-refractivity contribution in [3.63, 3.8) is 0 Å². The van der Waals surface area contributed by atoms with Crippen molar-refractivity contribution in [3.8, 4) is 0 Å². The van der Waals surface area contributed by atoms with E-state index >= 15 is 0 Å². The van der Waals surface area contributed by atoms with Gasteiger partial charge in [-0.3, -0.25) is 14.4 Å². The lowest BCUT2D eigenvalue weighted by Crippen LogP contribution is -2.43. The summed E-state index contributed by atoms with van der Waals surface area (Å²) in [6.45, 7) is 1.71. The van der Waals surface area contributed by atoms with Crippen molar-refractivity contribution < 1.29 is 24.0 Å². The number of benzene rings is 1. The minimum Gasteiger partial charge on any atom is -0.342 e. The van der Waals surface area contributed by atoms with Gasteiger partial charge in [0.15, 0.2) is 0 Å². The third-order valence-corrected chi connectivity index (χ3v) is 3.58. The first-order valence-electron chi connectivity index (χ1n) is 6.48. The topological polar surface area (TPSA) is 92.8 Å². The van der Waals surface area contributed by atoms with E-state index in [-0.39, 0.29) is 29.4 Å². The normalized spacial score (nSPS) is 24.0. The van der Waals surface area contributed by atoms with Gasteiger partial charge in [0.1, 0.15) is 6.04 Å². The number of fused-ring (bicyclic) bond motifs is 1. The fourth-order valence-electron chi connectivity index (χ4n) is 2.47. The van der Waals surface area contributed by atoms with Crippen molar-refractivity contribution >= 4 is 23.7 Å². The Labute approximate surface area is 119 Å². The van der Waals surface area contributed by atoms with Gasteiger partial charge in [-0.05, 0) is 18.1 Å². The first kappa shape index (κ1) is 13.3. The van der Waals surface area contributed by atoms with Gasteiger partial charge in [-0.15, -0.1) is 0 Å². The van der Waals surface area contributed by atoms with Crippen LogP contribution in [-0.4, -0.2) is 34.8 Å². The summed E-state index contributed by atoms with van der Waals surface area (Å²) in [5.41, 5.74) is 0.387. The van der Waals surface area contributed by atoms with Crippen LogP contribution in [-0.2, 0) is 14.4 Å². The van der Waals surface area contributed by atoms with Crippen LogP contribution < -0.4 is 5.32 Å². The lowest BCUT2D eigenvalue weighted by atomic mass is 10.0. The number of carbonyl (C=O) groups excluding carboxylic acids is 4. The predicted molar refractivity (Wildman–Crippen MR) is 68.7 cm³/mol. The molecule has 1 fully saturated rings. The van der Waals surface area contributed by atoms with Gasteiger partial charge in [-0.25, -0.2) is 4.79 Å². The molecule has 0 radical (unpaired) electrons. The minimum atomic E-state index is -0.846. The van der Waals surface area contributed by atoms with Gasteiger partial charge in [0, 0.05) is 6.42 Å². The van der Waals surface area contributed by atoms with Crippen molar-refractivity contribution in [1.82, 2.24) is 10.4 Å². The average molecular weight is 288 g/mol. The third kappa shape index (κ3) is 2.06. The molecular weight excluding hydrogens is 276 g/mol. The monoisotopic (exact) mass is 288 g/mol. The van der Waals surface area contributed by atoms with Crippen LogP contribution in [0.5, 0.6) is 0 Å². The van der Waals surface area contributed by atoms with Crippen molar-refractivity contribution in [2.75, 3.05) is 0 Å². The molecule has 7 heteroatoms. The van der Waals surface area contributed by atoms with Crippen LogP contribution >= 0.6 is 0 Å². The Kier molecular flexibility index (Phi) is 2.97. The number of hydrogen-bond donors (Lipinski definition) is 1. The molecule has 2 unspecified atom stereocenters. The molecule has 2 heterocycles. The molecule has 3 amide bonds. The van der Waals surface area contributed by atoms with E-state index in [1.54, 1.807) is 19.1 Å². The van der Waals surface area contributed by atoms with Gasteiger partial charge in [0.05, 0.1) is 11.1 Å². The maximum atomic E-state index is 12.0. The number of rotatable bonds is 2. The molecule has 2 aliphatic rings. The third-order valence-electron chi connectivity index (χ3n) is 3.58. The number of imide groups is 1. The number of nitrogens with one attached hydrogen (secondary N) is 1. The summed E-state index contributed by atoms with van der Waals surface area (Å²) in [6.07, 6.45) is 0.210. The van der Waals surface area contributed by atoms with E-state index in [0.717, 1.165) is 0 Å². The number of hydroxylamine groups is 2. The van der Waals surface area contributed by atoms with Crippen LogP contribution in [0.1, 0.15) is 34.1 Å². The van der Waals surface area contributed by atoms with Gasteiger partial charge in [0.2, 0.25) is 5.91 Å². The highest BCUT2D eigenvalue weighted by molar-refractivity contribution is 6.21. The molecular formula is C14H12N2O5. The summed E-state index contributed by atoms with van der Waals surface area (Å²) >= 11 is 0. The first-order valence-corrected chi connectivity index (χ1v) is 6.48. The second-order valence-electron chi connectivity index (χ2n) is 5.09. The fourth-order valence-corrected chi connectivity index (χ4v) is 2.47. The van der Waals surface area contributed by atoms with E-state index in [1.807, 2.05) is 0 Å². The molecule has 1 aromatic carbocycles. The Hall–Kier alpha value is -2.70. The molecule has 2 aliphatic heterocycles.